The van der Waals surface area contributed by atoms with Crippen LogP contribution in [-0.2, 0) is 0 Å². The largest absolute Gasteiger partial charge is 0.489 e. The maximum absolute atomic E-state index is 13.3. The van der Waals surface area contributed by atoms with Gasteiger partial charge in [-0.3, -0.25) is 4.90 Å². The van der Waals surface area contributed by atoms with E-state index in [1.54, 1.807) is 6.07 Å². The van der Waals surface area contributed by atoms with E-state index in [1.807, 2.05) is 6.92 Å². The van der Waals surface area contributed by atoms with E-state index < -0.39 is 5.82 Å². The maximum atomic E-state index is 13.3. The minimum absolute atomic E-state index is 0.103. The van der Waals surface area contributed by atoms with Gasteiger partial charge in [-0.15, -0.1) is 0 Å². The van der Waals surface area contributed by atoms with E-state index in [0.717, 1.165) is 43.8 Å². The van der Waals surface area contributed by atoms with Crippen LogP contribution in [0, 0.1) is 18.6 Å². The third-order valence-corrected chi connectivity index (χ3v) is 5.66. The summed E-state index contributed by atoms with van der Waals surface area (Å²) in [5.74, 6) is 0.686. The SMILES string of the molecule is Cc1cc(F)ccc1O[C@H]1CC[C@H]2C(C)N(c3ncc(F)cn3)CCN2C1. The summed E-state index contributed by atoms with van der Waals surface area (Å²) in [5.41, 5.74) is 0.823. The number of piperazine rings is 1. The summed E-state index contributed by atoms with van der Waals surface area (Å²) >= 11 is 0. The summed E-state index contributed by atoms with van der Waals surface area (Å²) in [4.78, 5) is 12.9. The molecule has 4 rings (SSSR count). The Morgan fingerprint density at radius 2 is 1.85 bits per heavy atom. The van der Waals surface area contributed by atoms with Crippen LogP contribution in [0.4, 0.5) is 14.7 Å². The number of nitrogens with zero attached hydrogens (tertiary/aromatic N) is 4. The lowest BCUT2D eigenvalue weighted by atomic mass is 9.92. The second-order valence-corrected chi connectivity index (χ2v) is 7.42. The number of aromatic nitrogens is 2. The molecule has 7 heteroatoms. The van der Waals surface area contributed by atoms with Crippen LogP contribution in [0.15, 0.2) is 30.6 Å². The highest BCUT2D eigenvalue weighted by atomic mass is 19.1. The number of halogens is 2. The predicted molar refractivity (Wildman–Crippen MR) is 98.9 cm³/mol. The normalized spacial score (nSPS) is 25.9. The molecule has 5 nitrogen and oxygen atoms in total. The first-order valence-corrected chi connectivity index (χ1v) is 9.42. The molecule has 0 aliphatic carbocycles. The predicted octanol–water partition coefficient (Wildman–Crippen LogP) is 3.18. The lowest BCUT2D eigenvalue weighted by Crippen LogP contribution is -2.62. The van der Waals surface area contributed by atoms with Gasteiger partial charge in [0.25, 0.3) is 0 Å². The molecule has 2 saturated heterocycles. The summed E-state index contributed by atoms with van der Waals surface area (Å²) < 4.78 is 32.6. The van der Waals surface area contributed by atoms with E-state index in [4.69, 9.17) is 4.74 Å². The van der Waals surface area contributed by atoms with Crippen LogP contribution >= 0.6 is 0 Å². The standard InChI is InChI=1S/C20H24F2N4O/c1-13-9-15(21)3-6-19(13)27-17-4-5-18-14(2)26(8-7-25(18)12-17)20-23-10-16(22)11-24-20/h3,6,9-11,14,17-18H,4-5,7-8,12H2,1-2H3/t14?,17-,18-/m0/s1. The topological polar surface area (TPSA) is 41.5 Å². The van der Waals surface area contributed by atoms with Crippen LogP contribution in [-0.4, -0.2) is 52.7 Å². The first-order chi connectivity index (χ1) is 13.0. The number of piperidine rings is 1. The molecule has 1 aromatic carbocycles. The number of anilines is 1. The van der Waals surface area contributed by atoms with Crippen LogP contribution < -0.4 is 9.64 Å². The van der Waals surface area contributed by atoms with Crippen molar-refractivity contribution in [2.45, 2.75) is 44.9 Å². The third kappa shape index (κ3) is 3.74. The average molecular weight is 374 g/mol. The van der Waals surface area contributed by atoms with Gasteiger partial charge in [0.1, 0.15) is 17.7 Å². The lowest BCUT2D eigenvalue weighted by molar-refractivity contribution is 0.0283. The number of hydrogen-bond acceptors (Lipinski definition) is 5. The van der Waals surface area contributed by atoms with Crippen molar-refractivity contribution in [2.24, 2.45) is 0 Å². The van der Waals surface area contributed by atoms with Crippen LogP contribution in [0.2, 0.25) is 0 Å². The number of rotatable bonds is 3. The molecule has 0 amide bonds. The number of ether oxygens (including phenoxy) is 1. The van der Waals surface area contributed by atoms with Gasteiger partial charge in [-0.05, 0) is 50.5 Å². The summed E-state index contributed by atoms with van der Waals surface area (Å²) in [6.45, 7) is 6.58. The van der Waals surface area contributed by atoms with E-state index in [0.29, 0.717) is 12.0 Å². The van der Waals surface area contributed by atoms with Crippen LogP contribution in [0.5, 0.6) is 5.75 Å². The molecule has 0 saturated carbocycles. The minimum Gasteiger partial charge on any atom is -0.489 e. The second kappa shape index (κ2) is 7.38. The Morgan fingerprint density at radius 1 is 1.07 bits per heavy atom. The molecule has 0 spiro atoms. The molecule has 2 fully saturated rings. The fraction of sp³-hybridized carbons (Fsp3) is 0.500. The van der Waals surface area contributed by atoms with E-state index >= 15 is 0 Å². The van der Waals surface area contributed by atoms with Crippen molar-refractivity contribution < 1.29 is 13.5 Å². The molecule has 2 aliphatic heterocycles. The van der Waals surface area contributed by atoms with Gasteiger partial charge >= 0.3 is 0 Å². The second-order valence-electron chi connectivity index (χ2n) is 7.42. The van der Waals surface area contributed by atoms with Crippen molar-refractivity contribution in [1.82, 2.24) is 14.9 Å². The minimum atomic E-state index is -0.418. The van der Waals surface area contributed by atoms with Gasteiger partial charge in [0, 0.05) is 31.7 Å². The molecular formula is C20H24F2N4O. The fourth-order valence-corrected chi connectivity index (χ4v) is 4.24. The summed E-state index contributed by atoms with van der Waals surface area (Å²) in [7, 11) is 0. The monoisotopic (exact) mass is 374 g/mol. The molecule has 0 N–H and O–H groups in total. The lowest BCUT2D eigenvalue weighted by Gasteiger charge is -2.50. The number of hydrogen-bond donors (Lipinski definition) is 0. The smallest absolute Gasteiger partial charge is 0.225 e. The molecule has 3 heterocycles. The average Bonchev–Trinajstić information content (AvgIpc) is 2.65. The molecule has 27 heavy (non-hydrogen) atoms. The van der Waals surface area contributed by atoms with E-state index in [1.165, 1.54) is 24.5 Å². The zero-order chi connectivity index (χ0) is 19.0. The van der Waals surface area contributed by atoms with Gasteiger partial charge in [-0.2, -0.15) is 0 Å². The van der Waals surface area contributed by atoms with Gasteiger partial charge in [-0.1, -0.05) is 0 Å². The van der Waals surface area contributed by atoms with Gasteiger partial charge in [0.15, 0.2) is 5.82 Å². The highest BCUT2D eigenvalue weighted by Gasteiger charge is 2.39. The zero-order valence-electron chi connectivity index (χ0n) is 15.6. The molecule has 2 aliphatic rings. The molecule has 0 radical (unpaired) electrons. The third-order valence-electron chi connectivity index (χ3n) is 5.66. The zero-order valence-corrected chi connectivity index (χ0v) is 15.6. The van der Waals surface area contributed by atoms with Crippen molar-refractivity contribution in [2.75, 3.05) is 24.5 Å². The Kier molecular flexibility index (Phi) is 4.95. The summed E-state index contributed by atoms with van der Waals surface area (Å²) in [5, 5.41) is 0. The molecule has 1 aromatic heterocycles. The van der Waals surface area contributed by atoms with E-state index in [9.17, 15) is 8.78 Å². The Morgan fingerprint density at radius 3 is 2.59 bits per heavy atom. The van der Waals surface area contributed by atoms with Crippen molar-refractivity contribution in [3.8, 4) is 5.75 Å². The van der Waals surface area contributed by atoms with Gasteiger partial charge in [0.2, 0.25) is 5.95 Å². The molecule has 2 aromatic rings. The Hall–Kier alpha value is -2.28. The highest BCUT2D eigenvalue weighted by Crippen LogP contribution is 2.30. The van der Waals surface area contributed by atoms with Crippen LogP contribution in [0.25, 0.3) is 0 Å². The first-order valence-electron chi connectivity index (χ1n) is 9.42. The molecule has 144 valence electrons. The van der Waals surface area contributed by atoms with Crippen molar-refractivity contribution >= 4 is 5.95 Å². The molecule has 0 bridgehead atoms. The fourth-order valence-electron chi connectivity index (χ4n) is 4.24. The molecule has 1 unspecified atom stereocenters. The first kappa shape index (κ1) is 18.1. The van der Waals surface area contributed by atoms with Crippen molar-refractivity contribution in [3.63, 3.8) is 0 Å². The van der Waals surface area contributed by atoms with Gasteiger partial charge < -0.3 is 9.64 Å². The molecular weight excluding hydrogens is 350 g/mol. The van der Waals surface area contributed by atoms with E-state index in [2.05, 4.69) is 26.7 Å². The Labute approximate surface area is 158 Å². The van der Waals surface area contributed by atoms with Crippen LogP contribution in [0.3, 0.4) is 0 Å². The van der Waals surface area contributed by atoms with Crippen molar-refractivity contribution in [3.05, 3.63) is 47.8 Å². The van der Waals surface area contributed by atoms with Crippen LogP contribution in [0.1, 0.15) is 25.3 Å². The summed E-state index contributed by atoms with van der Waals surface area (Å²) in [6, 6.07) is 5.30. The maximum Gasteiger partial charge on any atom is 0.225 e. The van der Waals surface area contributed by atoms with Gasteiger partial charge in [-0.25, -0.2) is 18.7 Å². The Bertz CT molecular complexity index is 801. The quantitative estimate of drug-likeness (QED) is 0.825. The highest BCUT2D eigenvalue weighted by molar-refractivity contribution is 5.34. The number of fused-ring (bicyclic) bond motifs is 1. The molecule has 3 atom stereocenters. The number of benzene rings is 1. The van der Waals surface area contributed by atoms with E-state index in [-0.39, 0.29) is 18.0 Å². The van der Waals surface area contributed by atoms with Gasteiger partial charge in [0.05, 0.1) is 12.4 Å². The summed E-state index contributed by atoms with van der Waals surface area (Å²) in [6.07, 6.45) is 4.49. The van der Waals surface area contributed by atoms with Crippen molar-refractivity contribution in [1.29, 1.82) is 0 Å². The Balaban J connectivity index is 1.41. The number of aryl methyl sites for hydroxylation is 1.